The molecule has 0 aromatic heterocycles. The van der Waals surface area contributed by atoms with Gasteiger partial charge in [-0.2, -0.15) is 0 Å². The molecule has 0 saturated carbocycles. The van der Waals surface area contributed by atoms with Crippen LogP contribution in [-0.2, 0) is 6.54 Å². The molecule has 0 aliphatic heterocycles. The summed E-state index contributed by atoms with van der Waals surface area (Å²) >= 11 is 0. The third-order valence-electron chi connectivity index (χ3n) is 3.64. The molecule has 0 heterocycles. The topological polar surface area (TPSA) is 65.9 Å². The molecule has 0 saturated heterocycles. The first-order valence-corrected chi connectivity index (χ1v) is 8.21. The average Bonchev–Trinajstić information content (AvgIpc) is 2.64. The second kappa shape index (κ2) is 11.7. The number of hydrogen-bond donors (Lipinski definition) is 3. The number of aliphatic hydroxyl groups excluding tert-OH is 1. The first-order valence-electron chi connectivity index (χ1n) is 8.21. The molecular formula is C19H25FIN3O2. The lowest BCUT2D eigenvalue weighted by atomic mass is 10.1. The van der Waals surface area contributed by atoms with E-state index in [2.05, 4.69) is 15.6 Å². The van der Waals surface area contributed by atoms with Gasteiger partial charge in [0.05, 0.1) is 19.8 Å². The van der Waals surface area contributed by atoms with Gasteiger partial charge in [-0.1, -0.05) is 24.3 Å². The molecule has 0 fully saturated rings. The molecule has 0 bridgehead atoms. The van der Waals surface area contributed by atoms with Crippen LogP contribution in [0.15, 0.2) is 53.5 Å². The van der Waals surface area contributed by atoms with Gasteiger partial charge in [0.15, 0.2) is 5.96 Å². The molecule has 0 radical (unpaired) electrons. The van der Waals surface area contributed by atoms with Gasteiger partial charge in [-0.3, -0.25) is 0 Å². The Morgan fingerprint density at radius 3 is 2.35 bits per heavy atom. The highest BCUT2D eigenvalue weighted by Gasteiger charge is 2.08. The van der Waals surface area contributed by atoms with Gasteiger partial charge >= 0.3 is 0 Å². The van der Waals surface area contributed by atoms with E-state index in [1.54, 1.807) is 19.2 Å². The van der Waals surface area contributed by atoms with Gasteiger partial charge < -0.3 is 20.5 Å². The van der Waals surface area contributed by atoms with E-state index in [-0.39, 0.29) is 36.3 Å². The van der Waals surface area contributed by atoms with Crippen LogP contribution in [0.25, 0.3) is 0 Å². The first kappa shape index (κ1) is 22.2. The van der Waals surface area contributed by atoms with E-state index >= 15 is 0 Å². The van der Waals surface area contributed by atoms with Crippen LogP contribution in [0, 0.1) is 5.82 Å². The minimum absolute atomic E-state index is 0. The molecule has 2 aromatic carbocycles. The van der Waals surface area contributed by atoms with Crippen LogP contribution in [0.3, 0.4) is 0 Å². The number of aliphatic imine (C=N–C) groups is 1. The zero-order valence-corrected chi connectivity index (χ0v) is 17.2. The van der Waals surface area contributed by atoms with Crippen LogP contribution in [-0.4, -0.2) is 31.3 Å². The SMILES string of the molecule is CCNC(=NCc1ccc(OC)cc1)NCC(O)c1ccc(F)cc1.I. The summed E-state index contributed by atoms with van der Waals surface area (Å²) in [5, 5.41) is 16.4. The highest BCUT2D eigenvalue weighted by Crippen LogP contribution is 2.13. The number of nitrogens with one attached hydrogen (secondary N) is 2. The zero-order chi connectivity index (χ0) is 18.1. The molecule has 0 aliphatic carbocycles. The monoisotopic (exact) mass is 473 g/mol. The lowest BCUT2D eigenvalue weighted by molar-refractivity contribution is 0.180. The van der Waals surface area contributed by atoms with E-state index < -0.39 is 6.10 Å². The Kier molecular flexibility index (Phi) is 9.97. The minimum atomic E-state index is -0.745. The summed E-state index contributed by atoms with van der Waals surface area (Å²) in [6.07, 6.45) is -0.745. The third-order valence-corrected chi connectivity index (χ3v) is 3.64. The van der Waals surface area contributed by atoms with Crippen molar-refractivity contribution in [2.24, 2.45) is 4.99 Å². The summed E-state index contributed by atoms with van der Waals surface area (Å²) in [5.74, 6) is 1.10. The maximum Gasteiger partial charge on any atom is 0.191 e. The first-order chi connectivity index (χ1) is 12.1. The van der Waals surface area contributed by atoms with Crippen molar-refractivity contribution in [3.63, 3.8) is 0 Å². The largest absolute Gasteiger partial charge is 0.497 e. The van der Waals surface area contributed by atoms with Gasteiger partial charge in [-0.15, -0.1) is 24.0 Å². The molecule has 26 heavy (non-hydrogen) atoms. The smallest absolute Gasteiger partial charge is 0.191 e. The van der Waals surface area contributed by atoms with Crippen molar-refractivity contribution in [1.29, 1.82) is 0 Å². The van der Waals surface area contributed by atoms with Crippen molar-refractivity contribution < 1.29 is 14.2 Å². The molecule has 2 aromatic rings. The lowest BCUT2D eigenvalue weighted by Crippen LogP contribution is -2.39. The second-order valence-electron chi connectivity index (χ2n) is 5.49. The Bertz CT molecular complexity index is 678. The van der Waals surface area contributed by atoms with Crippen LogP contribution in [0.1, 0.15) is 24.2 Å². The molecule has 2 rings (SSSR count). The minimum Gasteiger partial charge on any atom is -0.497 e. The Balaban J connectivity index is 0.00000338. The van der Waals surface area contributed by atoms with Crippen molar-refractivity contribution in [2.75, 3.05) is 20.2 Å². The fraction of sp³-hybridized carbons (Fsp3) is 0.316. The second-order valence-corrected chi connectivity index (χ2v) is 5.49. The van der Waals surface area contributed by atoms with E-state index in [9.17, 15) is 9.50 Å². The van der Waals surface area contributed by atoms with Crippen molar-refractivity contribution >= 4 is 29.9 Å². The van der Waals surface area contributed by atoms with Crippen molar-refractivity contribution in [2.45, 2.75) is 19.6 Å². The van der Waals surface area contributed by atoms with Crippen LogP contribution in [0.4, 0.5) is 4.39 Å². The Hall–Kier alpha value is -1.87. The highest BCUT2D eigenvalue weighted by atomic mass is 127. The van der Waals surface area contributed by atoms with Gasteiger partial charge in [0.1, 0.15) is 11.6 Å². The number of nitrogens with zero attached hydrogens (tertiary/aromatic N) is 1. The molecule has 0 amide bonds. The average molecular weight is 473 g/mol. The summed E-state index contributed by atoms with van der Waals surface area (Å²) in [5.41, 5.74) is 1.71. The van der Waals surface area contributed by atoms with Crippen LogP contribution < -0.4 is 15.4 Å². The Morgan fingerprint density at radius 2 is 1.77 bits per heavy atom. The van der Waals surface area contributed by atoms with Crippen LogP contribution in [0.5, 0.6) is 5.75 Å². The number of halogens is 2. The number of methoxy groups -OCH3 is 1. The lowest BCUT2D eigenvalue weighted by Gasteiger charge is -2.15. The molecular weight excluding hydrogens is 448 g/mol. The van der Waals surface area contributed by atoms with E-state index in [1.807, 2.05) is 31.2 Å². The van der Waals surface area contributed by atoms with Crippen molar-refractivity contribution in [3.8, 4) is 5.75 Å². The highest BCUT2D eigenvalue weighted by molar-refractivity contribution is 14.0. The number of benzene rings is 2. The number of hydrogen-bond acceptors (Lipinski definition) is 3. The fourth-order valence-corrected chi connectivity index (χ4v) is 2.24. The number of ether oxygens (including phenoxy) is 1. The van der Waals surface area contributed by atoms with Crippen molar-refractivity contribution in [1.82, 2.24) is 10.6 Å². The predicted molar refractivity (Wildman–Crippen MR) is 113 cm³/mol. The molecule has 142 valence electrons. The van der Waals surface area contributed by atoms with E-state index in [0.717, 1.165) is 11.3 Å². The van der Waals surface area contributed by atoms with E-state index in [4.69, 9.17) is 4.74 Å². The zero-order valence-electron chi connectivity index (χ0n) is 14.9. The van der Waals surface area contributed by atoms with Gasteiger partial charge in [-0.25, -0.2) is 9.38 Å². The number of guanidine groups is 1. The summed E-state index contributed by atoms with van der Waals surface area (Å²) < 4.78 is 18.1. The van der Waals surface area contributed by atoms with E-state index in [1.165, 1.54) is 12.1 Å². The van der Waals surface area contributed by atoms with Gasteiger partial charge in [-0.05, 0) is 42.3 Å². The van der Waals surface area contributed by atoms with Crippen LogP contribution in [0.2, 0.25) is 0 Å². The van der Waals surface area contributed by atoms with Gasteiger partial charge in [0, 0.05) is 13.1 Å². The molecule has 0 spiro atoms. The Morgan fingerprint density at radius 1 is 1.12 bits per heavy atom. The number of aliphatic hydroxyl groups is 1. The standard InChI is InChI=1S/C19H24FN3O2.HI/c1-3-21-19(22-12-14-4-10-17(25-2)11-5-14)23-13-18(24)15-6-8-16(20)9-7-15;/h4-11,18,24H,3,12-13H2,1-2H3,(H2,21,22,23);1H. The molecule has 1 atom stereocenters. The third kappa shape index (κ3) is 7.17. The summed E-state index contributed by atoms with van der Waals surface area (Å²) in [6.45, 7) is 3.47. The summed E-state index contributed by atoms with van der Waals surface area (Å²) in [6, 6.07) is 13.5. The van der Waals surface area contributed by atoms with E-state index in [0.29, 0.717) is 24.6 Å². The Labute approximate surface area is 170 Å². The summed E-state index contributed by atoms with van der Waals surface area (Å²) in [4.78, 5) is 4.50. The number of rotatable bonds is 7. The van der Waals surface area contributed by atoms with Gasteiger partial charge in [0.2, 0.25) is 0 Å². The maximum atomic E-state index is 12.9. The van der Waals surface area contributed by atoms with Crippen LogP contribution >= 0.6 is 24.0 Å². The molecule has 1 unspecified atom stereocenters. The molecule has 3 N–H and O–H groups in total. The maximum absolute atomic E-state index is 12.9. The fourth-order valence-electron chi connectivity index (χ4n) is 2.24. The van der Waals surface area contributed by atoms with Crippen molar-refractivity contribution in [3.05, 3.63) is 65.5 Å². The molecule has 7 heteroatoms. The molecule has 0 aliphatic rings. The normalized spacial score (nSPS) is 12.1. The quantitative estimate of drug-likeness (QED) is 0.328. The predicted octanol–water partition coefficient (Wildman–Crippen LogP) is 3.24. The van der Waals surface area contributed by atoms with Gasteiger partial charge in [0.25, 0.3) is 0 Å². The summed E-state index contributed by atoms with van der Waals surface area (Å²) in [7, 11) is 1.63. The molecule has 5 nitrogen and oxygen atoms in total.